The fourth-order valence-corrected chi connectivity index (χ4v) is 5.78. The van der Waals surface area contributed by atoms with Crippen LogP contribution >= 0.6 is 11.3 Å². The fourth-order valence-electron chi connectivity index (χ4n) is 4.70. The molecule has 0 N–H and O–H groups in total. The van der Waals surface area contributed by atoms with E-state index in [1.165, 1.54) is 11.3 Å². The number of ether oxygens (including phenoxy) is 2. The summed E-state index contributed by atoms with van der Waals surface area (Å²) in [5.74, 6) is 0.201. The van der Waals surface area contributed by atoms with Crippen molar-refractivity contribution in [1.82, 2.24) is 9.88 Å². The third-order valence-corrected chi connectivity index (χ3v) is 7.91. The van der Waals surface area contributed by atoms with Crippen LogP contribution in [-0.2, 0) is 14.3 Å². The number of benzene rings is 2. The minimum atomic E-state index is -0.414. The van der Waals surface area contributed by atoms with E-state index in [-0.39, 0.29) is 18.2 Å². The Hall–Kier alpha value is -3.01. The van der Waals surface area contributed by atoms with Gasteiger partial charge in [0.05, 0.1) is 30.9 Å². The smallest absolute Gasteiger partial charge is 0.234 e. The highest BCUT2D eigenvalue weighted by Gasteiger charge is 2.38. The first-order valence-corrected chi connectivity index (χ1v) is 12.8. The van der Waals surface area contributed by atoms with Crippen LogP contribution in [-0.4, -0.2) is 74.7 Å². The highest BCUT2D eigenvalue weighted by molar-refractivity contribution is 7.22. The zero-order valence-corrected chi connectivity index (χ0v) is 20.9. The lowest BCUT2D eigenvalue weighted by atomic mass is 10.1. The van der Waals surface area contributed by atoms with Gasteiger partial charge >= 0.3 is 0 Å². The van der Waals surface area contributed by atoms with E-state index in [1.807, 2.05) is 49.4 Å². The molecule has 2 saturated heterocycles. The third-order valence-electron chi connectivity index (χ3n) is 6.69. The van der Waals surface area contributed by atoms with Gasteiger partial charge < -0.3 is 14.4 Å². The van der Waals surface area contributed by atoms with Crippen LogP contribution in [0.25, 0.3) is 10.2 Å². The molecule has 5 rings (SSSR count). The third kappa shape index (κ3) is 4.89. The molecule has 2 fully saturated rings. The van der Waals surface area contributed by atoms with Gasteiger partial charge in [0.2, 0.25) is 11.8 Å². The molecule has 0 spiro atoms. The van der Waals surface area contributed by atoms with Crippen molar-refractivity contribution in [2.75, 3.05) is 62.8 Å². The van der Waals surface area contributed by atoms with Crippen molar-refractivity contribution in [3.8, 4) is 5.75 Å². The Morgan fingerprint density at radius 2 is 1.97 bits per heavy atom. The molecule has 0 bridgehead atoms. The molecule has 0 aliphatic carbocycles. The Balaban J connectivity index is 1.43. The molecule has 184 valence electrons. The molecule has 0 radical (unpaired) electrons. The van der Waals surface area contributed by atoms with E-state index in [0.29, 0.717) is 37.2 Å². The number of nitrogens with zero attached hydrogens (tertiary/aromatic N) is 4. The second kappa shape index (κ2) is 10.3. The van der Waals surface area contributed by atoms with E-state index in [1.54, 1.807) is 16.9 Å². The van der Waals surface area contributed by atoms with Crippen LogP contribution in [0.15, 0.2) is 42.5 Å². The van der Waals surface area contributed by atoms with E-state index in [2.05, 4.69) is 4.90 Å². The molecule has 1 atom stereocenters. The van der Waals surface area contributed by atoms with E-state index >= 15 is 0 Å². The second-order valence-corrected chi connectivity index (χ2v) is 9.92. The largest absolute Gasteiger partial charge is 0.494 e. The van der Waals surface area contributed by atoms with Gasteiger partial charge in [-0.15, -0.1) is 0 Å². The van der Waals surface area contributed by atoms with Crippen LogP contribution in [0.3, 0.4) is 0 Å². The van der Waals surface area contributed by atoms with Crippen molar-refractivity contribution >= 4 is 44.2 Å². The number of thiazole rings is 1. The van der Waals surface area contributed by atoms with Gasteiger partial charge in [-0.2, -0.15) is 0 Å². The second-order valence-electron chi connectivity index (χ2n) is 8.94. The number of fused-ring (bicyclic) bond motifs is 1. The number of rotatable bonds is 7. The van der Waals surface area contributed by atoms with Crippen molar-refractivity contribution in [2.24, 2.45) is 5.92 Å². The van der Waals surface area contributed by atoms with Gasteiger partial charge in [-0.1, -0.05) is 35.6 Å². The molecule has 1 unspecified atom stereocenters. The lowest BCUT2D eigenvalue weighted by Gasteiger charge is -2.30. The zero-order chi connectivity index (χ0) is 24.4. The van der Waals surface area contributed by atoms with Crippen molar-refractivity contribution in [1.29, 1.82) is 0 Å². The van der Waals surface area contributed by atoms with Crippen molar-refractivity contribution < 1.29 is 19.1 Å². The molecule has 1 aromatic heterocycles. The standard InChI is InChI=1S/C26H30N4O4S/c1-18-8-9-21(33-2)23-24(18)35-26(27-23)29(11-10-28-12-14-34-15-13-28)25(32)19-16-22(31)30(17-19)20-6-4-3-5-7-20/h3-9,19H,10-17H2,1-2H3. The highest BCUT2D eigenvalue weighted by atomic mass is 32.1. The summed E-state index contributed by atoms with van der Waals surface area (Å²) >= 11 is 1.51. The minimum Gasteiger partial charge on any atom is -0.494 e. The summed E-state index contributed by atoms with van der Waals surface area (Å²) in [5, 5.41) is 0.650. The van der Waals surface area contributed by atoms with Crippen LogP contribution in [0.1, 0.15) is 12.0 Å². The molecule has 35 heavy (non-hydrogen) atoms. The molecular weight excluding hydrogens is 464 g/mol. The van der Waals surface area contributed by atoms with Crippen molar-refractivity contribution in [2.45, 2.75) is 13.3 Å². The average Bonchev–Trinajstić information content (AvgIpc) is 3.50. The number of para-hydroxylation sites is 1. The van der Waals surface area contributed by atoms with Gasteiger partial charge in [0.1, 0.15) is 11.3 Å². The highest BCUT2D eigenvalue weighted by Crippen LogP contribution is 2.37. The Morgan fingerprint density at radius 1 is 1.20 bits per heavy atom. The van der Waals surface area contributed by atoms with Crippen molar-refractivity contribution in [3.63, 3.8) is 0 Å². The maximum absolute atomic E-state index is 13.9. The fraction of sp³-hybridized carbons (Fsp3) is 0.423. The van der Waals surface area contributed by atoms with Crippen LogP contribution in [0, 0.1) is 12.8 Å². The van der Waals surface area contributed by atoms with Gasteiger partial charge in [0.25, 0.3) is 0 Å². The van der Waals surface area contributed by atoms with E-state index in [4.69, 9.17) is 14.5 Å². The Morgan fingerprint density at radius 3 is 2.71 bits per heavy atom. The van der Waals surface area contributed by atoms with Gasteiger partial charge in [0, 0.05) is 44.8 Å². The van der Waals surface area contributed by atoms with Crippen LogP contribution in [0.5, 0.6) is 5.75 Å². The SMILES string of the molecule is COc1ccc(C)c2sc(N(CCN3CCOCC3)C(=O)C3CC(=O)N(c4ccccc4)C3)nc12. The summed E-state index contributed by atoms with van der Waals surface area (Å²) in [6, 6.07) is 13.5. The lowest BCUT2D eigenvalue weighted by molar-refractivity contribution is -0.124. The Bertz CT molecular complexity index is 1210. The van der Waals surface area contributed by atoms with Crippen LogP contribution in [0.4, 0.5) is 10.8 Å². The quantitative estimate of drug-likeness (QED) is 0.502. The number of aryl methyl sites for hydroxylation is 1. The number of hydrogen-bond acceptors (Lipinski definition) is 7. The lowest BCUT2D eigenvalue weighted by Crippen LogP contribution is -2.45. The molecule has 2 amide bonds. The van der Waals surface area contributed by atoms with Gasteiger partial charge in [-0.05, 0) is 30.7 Å². The van der Waals surface area contributed by atoms with Gasteiger partial charge in [0.15, 0.2) is 5.13 Å². The zero-order valence-electron chi connectivity index (χ0n) is 20.1. The number of carbonyl (C=O) groups is 2. The predicted octanol–water partition coefficient (Wildman–Crippen LogP) is 3.33. The summed E-state index contributed by atoms with van der Waals surface area (Å²) in [5.41, 5.74) is 2.69. The maximum Gasteiger partial charge on any atom is 0.234 e. The first-order valence-electron chi connectivity index (χ1n) is 12.0. The molecule has 9 heteroatoms. The molecule has 2 aliphatic rings. The van der Waals surface area contributed by atoms with Crippen LogP contribution in [0.2, 0.25) is 0 Å². The average molecular weight is 495 g/mol. The summed E-state index contributed by atoms with van der Waals surface area (Å²) in [6.45, 7) is 6.75. The normalized spacial score (nSPS) is 18.9. The first-order chi connectivity index (χ1) is 17.0. The Kier molecular flexibility index (Phi) is 6.99. The topological polar surface area (TPSA) is 75.2 Å². The predicted molar refractivity (Wildman–Crippen MR) is 137 cm³/mol. The molecule has 8 nitrogen and oxygen atoms in total. The van der Waals surface area contributed by atoms with Crippen LogP contribution < -0.4 is 14.5 Å². The molecular formula is C26H30N4O4S. The number of morpholine rings is 1. The van der Waals surface area contributed by atoms with Gasteiger partial charge in [-0.25, -0.2) is 4.98 Å². The number of anilines is 2. The monoisotopic (exact) mass is 494 g/mol. The van der Waals surface area contributed by atoms with Crippen molar-refractivity contribution in [3.05, 3.63) is 48.0 Å². The number of carbonyl (C=O) groups excluding carboxylic acids is 2. The first kappa shape index (κ1) is 23.7. The number of amides is 2. The molecule has 3 heterocycles. The number of methoxy groups -OCH3 is 1. The molecule has 2 aromatic carbocycles. The maximum atomic E-state index is 13.9. The molecule has 3 aromatic rings. The summed E-state index contributed by atoms with van der Waals surface area (Å²) < 4.78 is 12.0. The van der Waals surface area contributed by atoms with E-state index in [9.17, 15) is 9.59 Å². The van der Waals surface area contributed by atoms with E-state index in [0.717, 1.165) is 41.1 Å². The molecule has 0 saturated carbocycles. The Labute approximate surface area is 209 Å². The number of hydrogen-bond donors (Lipinski definition) is 0. The summed E-state index contributed by atoms with van der Waals surface area (Å²) in [4.78, 5) is 37.4. The summed E-state index contributed by atoms with van der Waals surface area (Å²) in [7, 11) is 1.63. The molecule has 2 aliphatic heterocycles. The minimum absolute atomic E-state index is 0.0236. The van der Waals surface area contributed by atoms with Gasteiger partial charge in [-0.3, -0.25) is 19.4 Å². The summed E-state index contributed by atoms with van der Waals surface area (Å²) in [6.07, 6.45) is 0.203. The van der Waals surface area contributed by atoms with E-state index < -0.39 is 5.92 Å². The number of aromatic nitrogens is 1.